The Hall–Kier alpha value is -0.610. The predicted octanol–water partition coefficient (Wildman–Crippen LogP) is 0.786. The van der Waals surface area contributed by atoms with E-state index in [4.69, 9.17) is 0 Å². The molecule has 1 N–H and O–H groups in total. The molecule has 0 bridgehead atoms. The molecule has 4 nitrogen and oxygen atoms in total. The average molecular weight is 241 g/mol. The van der Waals surface area contributed by atoms with Crippen LogP contribution in [0.25, 0.3) is 0 Å². The number of nitrogens with zero attached hydrogens (tertiary/aromatic N) is 2. The molecular weight excluding hydrogens is 214 g/mol. The molecule has 0 aromatic carbocycles. The third-order valence-electron chi connectivity index (χ3n) is 3.66. The number of hydrogen-bond donors (Lipinski definition) is 1. The van der Waals surface area contributed by atoms with E-state index in [2.05, 4.69) is 17.3 Å². The zero-order valence-corrected chi connectivity index (χ0v) is 11.5. The zero-order valence-electron chi connectivity index (χ0n) is 11.5. The van der Waals surface area contributed by atoms with Crippen LogP contribution in [-0.4, -0.2) is 62.0 Å². The van der Waals surface area contributed by atoms with Crippen LogP contribution in [-0.2, 0) is 4.79 Å². The lowest BCUT2D eigenvalue weighted by Gasteiger charge is -2.29. The lowest BCUT2D eigenvalue weighted by Crippen LogP contribution is -2.41. The molecule has 17 heavy (non-hydrogen) atoms. The molecule has 1 heterocycles. The van der Waals surface area contributed by atoms with E-state index in [1.165, 1.54) is 25.9 Å². The summed E-state index contributed by atoms with van der Waals surface area (Å²) in [6.45, 7) is 9.54. The van der Waals surface area contributed by atoms with E-state index in [0.717, 1.165) is 25.6 Å². The second-order valence-electron chi connectivity index (χ2n) is 4.94. The van der Waals surface area contributed by atoms with Gasteiger partial charge in [-0.05, 0) is 59.3 Å². The molecule has 1 aliphatic heterocycles. The van der Waals surface area contributed by atoms with Crippen molar-refractivity contribution in [3.8, 4) is 0 Å². The third-order valence-corrected chi connectivity index (χ3v) is 3.66. The van der Waals surface area contributed by atoms with Gasteiger partial charge in [-0.1, -0.05) is 0 Å². The molecule has 0 aliphatic carbocycles. The van der Waals surface area contributed by atoms with Gasteiger partial charge in [0.05, 0.1) is 6.54 Å². The molecule has 100 valence electrons. The maximum Gasteiger partial charge on any atom is 0.236 e. The van der Waals surface area contributed by atoms with Crippen LogP contribution in [0.3, 0.4) is 0 Å². The van der Waals surface area contributed by atoms with Crippen molar-refractivity contribution in [1.29, 1.82) is 0 Å². The monoisotopic (exact) mass is 241 g/mol. The van der Waals surface area contributed by atoms with Crippen LogP contribution in [0.5, 0.6) is 0 Å². The molecule has 1 aliphatic rings. The fourth-order valence-corrected chi connectivity index (χ4v) is 2.34. The highest BCUT2D eigenvalue weighted by molar-refractivity contribution is 5.78. The Labute approximate surface area is 105 Å². The Morgan fingerprint density at radius 1 is 1.29 bits per heavy atom. The summed E-state index contributed by atoms with van der Waals surface area (Å²) in [6, 6.07) is 0. The molecule has 0 aromatic heterocycles. The van der Waals surface area contributed by atoms with E-state index < -0.39 is 0 Å². The molecule has 0 spiro atoms. The molecule has 0 unspecified atom stereocenters. The summed E-state index contributed by atoms with van der Waals surface area (Å²) >= 11 is 0. The Balaban J connectivity index is 2.13. The Bertz CT molecular complexity index is 221. The van der Waals surface area contributed by atoms with Crippen LogP contribution in [0.2, 0.25) is 0 Å². The smallest absolute Gasteiger partial charge is 0.236 e. The van der Waals surface area contributed by atoms with Gasteiger partial charge in [-0.15, -0.1) is 0 Å². The van der Waals surface area contributed by atoms with Crippen molar-refractivity contribution in [3.05, 3.63) is 0 Å². The number of nitrogens with one attached hydrogen (secondary N) is 1. The van der Waals surface area contributed by atoms with Gasteiger partial charge in [0.15, 0.2) is 0 Å². The lowest BCUT2D eigenvalue weighted by atomic mass is 9.97. The predicted molar refractivity (Wildman–Crippen MR) is 71.0 cm³/mol. The molecule has 0 atom stereocenters. The van der Waals surface area contributed by atoms with Crippen molar-refractivity contribution in [2.24, 2.45) is 5.92 Å². The Kier molecular flexibility index (Phi) is 6.52. The first-order valence-electron chi connectivity index (χ1n) is 6.84. The first-order chi connectivity index (χ1) is 8.17. The fraction of sp³-hybridized carbons (Fsp3) is 0.923. The van der Waals surface area contributed by atoms with E-state index in [1.54, 1.807) is 0 Å². The van der Waals surface area contributed by atoms with Crippen molar-refractivity contribution < 1.29 is 4.79 Å². The second-order valence-corrected chi connectivity index (χ2v) is 4.94. The maximum atomic E-state index is 11.8. The number of likely N-dealkylation sites (N-methyl/N-ethyl adjacent to an activating group) is 1. The minimum atomic E-state index is 0.225. The minimum Gasteiger partial charge on any atom is -0.342 e. The van der Waals surface area contributed by atoms with Crippen molar-refractivity contribution in [2.75, 3.05) is 46.3 Å². The van der Waals surface area contributed by atoms with Crippen molar-refractivity contribution in [2.45, 2.75) is 26.7 Å². The summed E-state index contributed by atoms with van der Waals surface area (Å²) in [5, 5.41) is 3.31. The first-order valence-corrected chi connectivity index (χ1v) is 6.84. The minimum absolute atomic E-state index is 0.225. The van der Waals surface area contributed by atoms with Crippen molar-refractivity contribution >= 4 is 5.91 Å². The normalized spacial score (nSPS) is 18.3. The maximum absolute atomic E-state index is 11.8. The highest BCUT2D eigenvalue weighted by atomic mass is 16.2. The summed E-state index contributed by atoms with van der Waals surface area (Å²) < 4.78 is 0. The van der Waals surface area contributed by atoms with Crippen LogP contribution in [0, 0.1) is 5.92 Å². The number of rotatable bonds is 6. The van der Waals surface area contributed by atoms with Gasteiger partial charge in [0, 0.05) is 13.1 Å². The van der Waals surface area contributed by atoms with Gasteiger partial charge in [-0.2, -0.15) is 0 Å². The van der Waals surface area contributed by atoms with E-state index in [0.29, 0.717) is 6.54 Å². The number of likely N-dealkylation sites (tertiary alicyclic amines) is 1. The van der Waals surface area contributed by atoms with Gasteiger partial charge in [-0.3, -0.25) is 4.79 Å². The van der Waals surface area contributed by atoms with Gasteiger partial charge >= 0.3 is 0 Å². The summed E-state index contributed by atoms with van der Waals surface area (Å²) in [5.41, 5.74) is 0. The molecule has 1 fully saturated rings. The van der Waals surface area contributed by atoms with Crippen LogP contribution in [0.15, 0.2) is 0 Å². The topological polar surface area (TPSA) is 35.6 Å². The van der Waals surface area contributed by atoms with Crippen LogP contribution in [0.1, 0.15) is 26.7 Å². The number of piperidine rings is 1. The third kappa shape index (κ3) is 5.04. The van der Waals surface area contributed by atoms with Crippen molar-refractivity contribution in [1.82, 2.24) is 15.1 Å². The highest BCUT2D eigenvalue weighted by Gasteiger charge is 2.16. The number of amides is 1. The van der Waals surface area contributed by atoms with Gasteiger partial charge in [-0.25, -0.2) is 0 Å². The van der Waals surface area contributed by atoms with Crippen LogP contribution >= 0.6 is 0 Å². The van der Waals surface area contributed by atoms with Gasteiger partial charge in [0.2, 0.25) is 5.91 Å². The second kappa shape index (κ2) is 7.67. The molecule has 1 amide bonds. The summed E-state index contributed by atoms with van der Waals surface area (Å²) in [7, 11) is 2.17. The van der Waals surface area contributed by atoms with E-state index in [9.17, 15) is 4.79 Å². The summed E-state index contributed by atoms with van der Waals surface area (Å²) in [6.07, 6.45) is 2.51. The van der Waals surface area contributed by atoms with E-state index >= 15 is 0 Å². The molecule has 4 heteroatoms. The largest absolute Gasteiger partial charge is 0.342 e. The average Bonchev–Trinajstić information content (AvgIpc) is 2.33. The van der Waals surface area contributed by atoms with Gasteiger partial charge < -0.3 is 15.1 Å². The number of carbonyl (C=O) groups is 1. The van der Waals surface area contributed by atoms with Crippen molar-refractivity contribution in [3.63, 3.8) is 0 Å². The van der Waals surface area contributed by atoms with E-state index in [-0.39, 0.29) is 5.91 Å². The molecule has 0 radical (unpaired) electrons. The fourth-order valence-electron chi connectivity index (χ4n) is 2.34. The Morgan fingerprint density at radius 3 is 2.41 bits per heavy atom. The van der Waals surface area contributed by atoms with Crippen LogP contribution in [0.4, 0.5) is 0 Å². The molecule has 0 saturated carbocycles. The lowest BCUT2D eigenvalue weighted by molar-refractivity contribution is -0.129. The first kappa shape index (κ1) is 14.5. The summed E-state index contributed by atoms with van der Waals surface area (Å²) in [5.74, 6) is 0.971. The SMILES string of the molecule is CCN(CC)C(=O)CNCC1CCN(C)CC1. The van der Waals surface area contributed by atoms with E-state index in [1.807, 2.05) is 18.7 Å². The number of carbonyl (C=O) groups excluding carboxylic acids is 1. The molecule has 1 rings (SSSR count). The zero-order chi connectivity index (χ0) is 12.7. The molecule has 0 aromatic rings. The van der Waals surface area contributed by atoms with Gasteiger partial charge in [0.25, 0.3) is 0 Å². The highest BCUT2D eigenvalue weighted by Crippen LogP contribution is 2.14. The Morgan fingerprint density at radius 2 is 1.88 bits per heavy atom. The number of hydrogen-bond acceptors (Lipinski definition) is 3. The van der Waals surface area contributed by atoms with Gasteiger partial charge in [0.1, 0.15) is 0 Å². The van der Waals surface area contributed by atoms with Crippen LogP contribution < -0.4 is 5.32 Å². The standard InChI is InChI=1S/C13H27N3O/c1-4-16(5-2)13(17)11-14-10-12-6-8-15(3)9-7-12/h12,14H,4-11H2,1-3H3. The quantitative estimate of drug-likeness (QED) is 0.747. The summed E-state index contributed by atoms with van der Waals surface area (Å²) in [4.78, 5) is 16.0. The molecular formula is C13H27N3O. The molecule has 1 saturated heterocycles.